The molecule has 0 atom stereocenters. The van der Waals surface area contributed by atoms with E-state index in [-0.39, 0.29) is 17.4 Å². The number of benzene rings is 1. The van der Waals surface area contributed by atoms with Gasteiger partial charge in [-0.15, -0.1) is 16.4 Å². The monoisotopic (exact) mass is 478 g/mol. The Morgan fingerprint density at radius 3 is 2.56 bits per heavy atom. The first-order valence-electron chi connectivity index (χ1n) is 9.73. The van der Waals surface area contributed by atoms with Gasteiger partial charge in [0.2, 0.25) is 0 Å². The largest absolute Gasteiger partial charge is 0.435 e. The van der Waals surface area contributed by atoms with Crippen LogP contribution >= 0.6 is 23.1 Å². The van der Waals surface area contributed by atoms with Gasteiger partial charge in [-0.3, -0.25) is 9.36 Å². The lowest BCUT2D eigenvalue weighted by molar-refractivity contribution is -0.0498. The first-order chi connectivity index (χ1) is 15.3. The van der Waals surface area contributed by atoms with E-state index in [2.05, 4.69) is 20.3 Å². The number of hydrogen-bond donors (Lipinski definition) is 0. The van der Waals surface area contributed by atoms with Crippen molar-refractivity contribution in [3.8, 4) is 11.4 Å². The lowest BCUT2D eigenvalue weighted by Crippen LogP contribution is -2.25. The lowest BCUT2D eigenvalue weighted by atomic mass is 10.2. The minimum atomic E-state index is -2.89. The fourth-order valence-electron chi connectivity index (χ4n) is 3.24. The molecule has 1 aromatic carbocycles. The van der Waals surface area contributed by atoms with E-state index in [1.54, 1.807) is 16.7 Å². The van der Waals surface area contributed by atoms with Crippen molar-refractivity contribution < 1.29 is 13.5 Å². The van der Waals surface area contributed by atoms with E-state index >= 15 is 0 Å². The number of fused-ring (bicyclic) bond motifs is 1. The molecule has 4 aromatic rings. The Morgan fingerprint density at radius 2 is 1.91 bits per heavy atom. The summed E-state index contributed by atoms with van der Waals surface area (Å²) in [6.07, 6.45) is 0. The second-order valence-electron chi connectivity index (χ2n) is 7.29. The van der Waals surface area contributed by atoms with Crippen molar-refractivity contribution >= 4 is 33.3 Å². The van der Waals surface area contributed by atoms with Gasteiger partial charge < -0.3 is 4.74 Å². The zero-order valence-electron chi connectivity index (χ0n) is 17.7. The van der Waals surface area contributed by atoms with Gasteiger partial charge >= 0.3 is 6.61 Å². The molecule has 3 aromatic heterocycles. The van der Waals surface area contributed by atoms with Crippen LogP contribution in [-0.4, -0.2) is 36.4 Å². The van der Waals surface area contributed by atoms with Crippen LogP contribution in [0.25, 0.3) is 15.9 Å². The number of aryl methyl sites for hydroxylation is 2. The third kappa shape index (κ3) is 4.24. The van der Waals surface area contributed by atoms with Crippen LogP contribution in [0.3, 0.4) is 0 Å². The SMILES string of the molecule is Cc1sc2nc(SCc3nnnn3-c3ccc(OC(F)F)cc3)n(C(C)C)c(=O)c2c1C. The Hall–Kier alpha value is -2.86. The Kier molecular flexibility index (Phi) is 6.24. The van der Waals surface area contributed by atoms with Crippen molar-refractivity contribution in [2.75, 3.05) is 0 Å². The summed E-state index contributed by atoms with van der Waals surface area (Å²) in [5, 5.41) is 13.1. The number of nitrogens with zero attached hydrogens (tertiary/aromatic N) is 6. The highest BCUT2D eigenvalue weighted by Crippen LogP contribution is 2.30. The van der Waals surface area contributed by atoms with Gasteiger partial charge in [-0.2, -0.15) is 13.5 Å². The summed E-state index contributed by atoms with van der Waals surface area (Å²) < 4.78 is 32.3. The smallest absolute Gasteiger partial charge is 0.387 e. The highest BCUT2D eigenvalue weighted by atomic mass is 32.2. The quantitative estimate of drug-likeness (QED) is 0.285. The number of ether oxygens (including phenoxy) is 1. The molecule has 0 radical (unpaired) electrons. The van der Waals surface area contributed by atoms with Gasteiger partial charge in [0, 0.05) is 10.9 Å². The van der Waals surface area contributed by atoms with Crippen LogP contribution < -0.4 is 10.3 Å². The maximum absolute atomic E-state index is 13.2. The molecule has 3 heterocycles. The van der Waals surface area contributed by atoms with Gasteiger partial charge in [0.1, 0.15) is 10.6 Å². The highest BCUT2D eigenvalue weighted by Gasteiger charge is 2.19. The Bertz CT molecular complexity index is 1310. The normalized spacial score (nSPS) is 11.8. The molecule has 12 heteroatoms. The Morgan fingerprint density at radius 1 is 1.19 bits per heavy atom. The van der Waals surface area contributed by atoms with Crippen molar-refractivity contribution in [3.63, 3.8) is 0 Å². The summed E-state index contributed by atoms with van der Waals surface area (Å²) in [6, 6.07) is 5.96. The fourth-order valence-corrected chi connectivity index (χ4v) is 5.34. The van der Waals surface area contributed by atoms with Crippen LogP contribution in [0, 0.1) is 13.8 Å². The molecule has 0 fully saturated rings. The number of alkyl halides is 2. The molecule has 0 N–H and O–H groups in total. The van der Waals surface area contributed by atoms with Crippen LogP contribution in [0.1, 0.15) is 36.2 Å². The molecule has 168 valence electrons. The third-order valence-electron chi connectivity index (χ3n) is 4.89. The molecule has 0 aliphatic carbocycles. The van der Waals surface area contributed by atoms with Crippen molar-refractivity contribution in [3.05, 3.63) is 50.9 Å². The van der Waals surface area contributed by atoms with Gasteiger partial charge in [-0.25, -0.2) is 4.98 Å². The number of rotatable bonds is 7. The Balaban J connectivity index is 1.63. The fraction of sp³-hybridized carbons (Fsp3) is 0.350. The molecule has 0 spiro atoms. The van der Waals surface area contributed by atoms with Gasteiger partial charge in [0.15, 0.2) is 11.0 Å². The molecule has 0 bridgehead atoms. The third-order valence-corrected chi connectivity index (χ3v) is 6.94. The molecule has 0 aliphatic heterocycles. The van der Waals surface area contributed by atoms with E-state index in [0.29, 0.717) is 27.8 Å². The summed E-state index contributed by atoms with van der Waals surface area (Å²) in [4.78, 5) is 19.7. The van der Waals surface area contributed by atoms with E-state index in [1.807, 2.05) is 27.7 Å². The van der Waals surface area contributed by atoms with Crippen LogP contribution in [-0.2, 0) is 5.75 Å². The molecule has 0 saturated carbocycles. The second-order valence-corrected chi connectivity index (χ2v) is 9.44. The van der Waals surface area contributed by atoms with E-state index in [4.69, 9.17) is 4.98 Å². The summed E-state index contributed by atoms with van der Waals surface area (Å²) in [5.74, 6) is 0.935. The average molecular weight is 479 g/mol. The number of thiophene rings is 1. The number of hydrogen-bond acceptors (Lipinski definition) is 8. The van der Waals surface area contributed by atoms with Gasteiger partial charge in [-0.05, 0) is 68.0 Å². The first kappa shape index (κ1) is 22.3. The van der Waals surface area contributed by atoms with Crippen molar-refractivity contribution in [1.29, 1.82) is 0 Å². The van der Waals surface area contributed by atoms with Gasteiger partial charge in [0.25, 0.3) is 5.56 Å². The maximum Gasteiger partial charge on any atom is 0.387 e. The maximum atomic E-state index is 13.2. The molecule has 8 nitrogen and oxygen atoms in total. The van der Waals surface area contributed by atoms with Crippen molar-refractivity contribution in [2.24, 2.45) is 0 Å². The number of aromatic nitrogens is 6. The molecular formula is C20H20F2N6O2S2. The predicted molar refractivity (Wildman–Crippen MR) is 119 cm³/mol. The standard InChI is InChI=1S/C20H20F2N6O2S2/c1-10(2)27-18(29)16-11(3)12(4)32-17(16)23-20(27)31-9-15-24-25-26-28(15)13-5-7-14(8-6-13)30-19(21)22/h5-8,10,19H,9H2,1-4H3. The van der Waals surface area contributed by atoms with E-state index in [0.717, 1.165) is 15.3 Å². The van der Waals surface area contributed by atoms with Gasteiger partial charge in [-0.1, -0.05) is 11.8 Å². The molecule has 0 saturated heterocycles. The van der Waals surface area contributed by atoms with Crippen LogP contribution in [0.5, 0.6) is 5.75 Å². The highest BCUT2D eigenvalue weighted by molar-refractivity contribution is 7.98. The minimum Gasteiger partial charge on any atom is -0.435 e. The first-order valence-corrected chi connectivity index (χ1v) is 11.5. The lowest BCUT2D eigenvalue weighted by Gasteiger charge is -2.15. The Labute approximate surface area is 190 Å². The minimum absolute atomic E-state index is 0.0488. The number of halogens is 2. The van der Waals surface area contributed by atoms with Crippen LogP contribution in [0.2, 0.25) is 0 Å². The second kappa shape index (κ2) is 8.94. The molecular weight excluding hydrogens is 458 g/mol. The van der Waals surface area contributed by atoms with E-state index in [1.165, 1.54) is 39.9 Å². The number of thioether (sulfide) groups is 1. The molecule has 0 amide bonds. The molecule has 32 heavy (non-hydrogen) atoms. The molecule has 0 aliphatic rings. The van der Waals surface area contributed by atoms with Crippen LogP contribution in [0.15, 0.2) is 34.2 Å². The predicted octanol–water partition coefficient (Wildman–Crippen LogP) is 4.53. The summed E-state index contributed by atoms with van der Waals surface area (Å²) in [7, 11) is 0. The summed E-state index contributed by atoms with van der Waals surface area (Å²) in [5.41, 5.74) is 1.52. The zero-order chi connectivity index (χ0) is 23.0. The van der Waals surface area contributed by atoms with Crippen LogP contribution in [0.4, 0.5) is 8.78 Å². The van der Waals surface area contributed by atoms with E-state index in [9.17, 15) is 13.6 Å². The summed E-state index contributed by atoms with van der Waals surface area (Å²) in [6.45, 7) is 4.93. The average Bonchev–Trinajstić information content (AvgIpc) is 3.30. The van der Waals surface area contributed by atoms with Gasteiger partial charge in [0.05, 0.1) is 16.8 Å². The molecule has 4 rings (SSSR count). The summed E-state index contributed by atoms with van der Waals surface area (Å²) >= 11 is 2.88. The zero-order valence-corrected chi connectivity index (χ0v) is 19.4. The number of tetrazole rings is 1. The van der Waals surface area contributed by atoms with Crippen molar-refractivity contribution in [2.45, 2.75) is 51.3 Å². The van der Waals surface area contributed by atoms with E-state index < -0.39 is 6.61 Å². The molecule has 0 unspecified atom stereocenters. The topological polar surface area (TPSA) is 87.7 Å². The van der Waals surface area contributed by atoms with Crippen molar-refractivity contribution in [1.82, 2.24) is 29.8 Å².